The number of phenols is 1. The van der Waals surface area contributed by atoms with Crippen LogP contribution in [0.15, 0.2) is 18.2 Å². The minimum Gasteiger partial charge on any atom is -0.506 e. The fourth-order valence-corrected chi connectivity index (χ4v) is 3.57. The van der Waals surface area contributed by atoms with Crippen molar-refractivity contribution in [1.29, 1.82) is 0 Å². The number of rotatable bonds is 9. The molecule has 8 heteroatoms. The Morgan fingerprint density at radius 1 is 1.31 bits per heavy atom. The predicted molar refractivity (Wildman–Crippen MR) is 102 cm³/mol. The average molecular weight is 386 g/mol. The first-order valence-corrected chi connectivity index (χ1v) is 10.9. The van der Waals surface area contributed by atoms with Crippen LogP contribution in [0.25, 0.3) is 0 Å². The summed E-state index contributed by atoms with van der Waals surface area (Å²) in [5.41, 5.74) is 0.0425. The molecule has 0 aliphatic heterocycles. The zero-order valence-electron chi connectivity index (χ0n) is 15.4. The van der Waals surface area contributed by atoms with Gasteiger partial charge in [0.05, 0.1) is 11.9 Å². The SMILES string of the molecule is CCC1CC[C](NC[C@H](O)COc2ccc(O)c(NS(C)(=O)=O)c2)CC1. The number of ether oxygens (including phenoxy) is 1. The minimum absolute atomic E-state index is 0.0425. The largest absolute Gasteiger partial charge is 0.506 e. The fraction of sp³-hybridized carbons (Fsp3) is 0.611. The van der Waals surface area contributed by atoms with Crippen molar-refractivity contribution in [2.45, 2.75) is 45.1 Å². The van der Waals surface area contributed by atoms with E-state index in [2.05, 4.69) is 17.0 Å². The van der Waals surface area contributed by atoms with Gasteiger partial charge in [-0.1, -0.05) is 13.3 Å². The van der Waals surface area contributed by atoms with Crippen LogP contribution in [-0.2, 0) is 10.0 Å². The summed E-state index contributed by atoms with van der Waals surface area (Å²) >= 11 is 0. The average Bonchev–Trinajstić information content (AvgIpc) is 2.60. The van der Waals surface area contributed by atoms with Crippen LogP contribution in [0.1, 0.15) is 39.0 Å². The highest BCUT2D eigenvalue weighted by atomic mass is 32.2. The normalized spacial score (nSPS) is 17.8. The van der Waals surface area contributed by atoms with E-state index in [-0.39, 0.29) is 18.0 Å². The van der Waals surface area contributed by atoms with Gasteiger partial charge in [0.1, 0.15) is 24.2 Å². The van der Waals surface area contributed by atoms with E-state index in [4.69, 9.17) is 4.74 Å². The minimum atomic E-state index is -3.50. The molecule has 0 saturated heterocycles. The number of hydrogen-bond donors (Lipinski definition) is 4. The Kier molecular flexibility index (Phi) is 7.55. The van der Waals surface area contributed by atoms with Crippen LogP contribution in [0, 0.1) is 12.0 Å². The lowest BCUT2D eigenvalue weighted by Crippen LogP contribution is -2.35. The van der Waals surface area contributed by atoms with Crippen LogP contribution in [0.2, 0.25) is 0 Å². The van der Waals surface area contributed by atoms with Crippen molar-refractivity contribution >= 4 is 15.7 Å². The molecule has 0 aromatic heterocycles. The molecule has 1 fully saturated rings. The van der Waals surface area contributed by atoms with Crippen molar-refractivity contribution in [2.24, 2.45) is 5.92 Å². The van der Waals surface area contributed by atoms with Gasteiger partial charge < -0.3 is 20.3 Å². The molecule has 2 rings (SSSR count). The van der Waals surface area contributed by atoms with Crippen LogP contribution in [0.5, 0.6) is 11.5 Å². The van der Waals surface area contributed by atoms with E-state index in [1.54, 1.807) is 0 Å². The number of phenolic OH excluding ortho intramolecular Hbond substituents is 1. The zero-order chi connectivity index (χ0) is 19.2. The van der Waals surface area contributed by atoms with Crippen LogP contribution >= 0.6 is 0 Å². The van der Waals surface area contributed by atoms with Crippen LogP contribution in [0.3, 0.4) is 0 Å². The van der Waals surface area contributed by atoms with Gasteiger partial charge in [-0.05, 0) is 43.7 Å². The monoisotopic (exact) mass is 385 g/mol. The van der Waals surface area contributed by atoms with Gasteiger partial charge in [-0.15, -0.1) is 0 Å². The Bertz CT molecular complexity index is 672. The Morgan fingerprint density at radius 3 is 2.62 bits per heavy atom. The summed E-state index contributed by atoms with van der Waals surface area (Å²) in [6, 6.07) is 5.54. The zero-order valence-corrected chi connectivity index (χ0v) is 16.2. The second kappa shape index (κ2) is 9.43. The lowest BCUT2D eigenvalue weighted by Gasteiger charge is -2.28. The van der Waals surface area contributed by atoms with Crippen molar-refractivity contribution in [3.05, 3.63) is 24.2 Å². The second-order valence-electron chi connectivity index (χ2n) is 6.85. The molecule has 1 aromatic rings. The van der Waals surface area contributed by atoms with Crippen molar-refractivity contribution in [3.8, 4) is 11.5 Å². The number of aliphatic hydroxyl groups is 1. The lowest BCUT2D eigenvalue weighted by molar-refractivity contribution is 0.105. The summed E-state index contributed by atoms with van der Waals surface area (Å²) in [7, 11) is -3.50. The van der Waals surface area contributed by atoms with E-state index < -0.39 is 16.1 Å². The Morgan fingerprint density at radius 2 is 2.00 bits per heavy atom. The molecule has 1 aliphatic rings. The second-order valence-corrected chi connectivity index (χ2v) is 8.60. The fourth-order valence-electron chi connectivity index (χ4n) is 3.01. The Hall–Kier alpha value is -1.51. The van der Waals surface area contributed by atoms with E-state index in [0.717, 1.165) is 25.0 Å². The molecule has 0 heterocycles. The molecule has 1 saturated carbocycles. The molecule has 26 heavy (non-hydrogen) atoms. The maximum atomic E-state index is 11.3. The van der Waals surface area contributed by atoms with Gasteiger partial charge in [0, 0.05) is 18.7 Å². The van der Waals surface area contributed by atoms with Crippen molar-refractivity contribution in [1.82, 2.24) is 5.32 Å². The number of hydrogen-bond acceptors (Lipinski definition) is 6. The maximum Gasteiger partial charge on any atom is 0.229 e. The first-order valence-electron chi connectivity index (χ1n) is 8.97. The summed E-state index contributed by atoms with van der Waals surface area (Å²) < 4.78 is 30.3. The van der Waals surface area contributed by atoms with Gasteiger partial charge in [-0.2, -0.15) is 0 Å². The number of benzene rings is 1. The number of aliphatic hydroxyl groups excluding tert-OH is 1. The first kappa shape index (κ1) is 20.8. The summed E-state index contributed by atoms with van der Waals surface area (Å²) in [5.74, 6) is 0.992. The summed E-state index contributed by atoms with van der Waals surface area (Å²) in [6.45, 7) is 2.71. The van der Waals surface area contributed by atoms with E-state index in [1.165, 1.54) is 43.5 Å². The van der Waals surface area contributed by atoms with Crippen molar-refractivity contribution in [2.75, 3.05) is 24.1 Å². The Labute approximate surface area is 155 Å². The molecular formula is C18H29N2O5S. The third-order valence-corrected chi connectivity index (χ3v) is 5.17. The van der Waals surface area contributed by atoms with Crippen LogP contribution in [0.4, 0.5) is 5.69 Å². The molecule has 7 nitrogen and oxygen atoms in total. The first-order chi connectivity index (χ1) is 12.3. The highest BCUT2D eigenvalue weighted by Gasteiger charge is 2.21. The molecule has 147 valence electrons. The molecule has 0 amide bonds. The van der Waals surface area contributed by atoms with Crippen LogP contribution in [-0.4, -0.2) is 44.1 Å². The van der Waals surface area contributed by atoms with Gasteiger partial charge in [-0.3, -0.25) is 4.72 Å². The molecule has 1 atom stereocenters. The third kappa shape index (κ3) is 7.01. The lowest BCUT2D eigenvalue weighted by atomic mass is 9.84. The number of sulfonamides is 1. The smallest absolute Gasteiger partial charge is 0.229 e. The highest BCUT2D eigenvalue weighted by molar-refractivity contribution is 7.92. The van der Waals surface area contributed by atoms with Crippen LogP contribution < -0.4 is 14.8 Å². The molecule has 0 bridgehead atoms. The third-order valence-electron chi connectivity index (χ3n) is 4.58. The number of anilines is 1. The van der Waals surface area contributed by atoms with Gasteiger partial charge in [0.15, 0.2) is 0 Å². The topological polar surface area (TPSA) is 108 Å². The summed E-state index contributed by atoms with van der Waals surface area (Å²) in [6.07, 6.45) is 6.07. The maximum absolute atomic E-state index is 11.3. The standard InChI is InChI=1S/C18H29N2O5S/c1-3-13-4-6-14(7-5-13)19-11-15(21)12-25-16-8-9-18(22)17(10-16)20-26(2,23)24/h8-10,13,15,19-22H,3-7,11-12H2,1-2H3/t15-/m0/s1. The quantitative estimate of drug-likeness (QED) is 0.486. The molecule has 1 aliphatic carbocycles. The van der Waals surface area contributed by atoms with Crippen molar-refractivity contribution in [3.63, 3.8) is 0 Å². The predicted octanol–water partition coefficient (Wildman–Crippen LogP) is 2.23. The molecule has 0 spiro atoms. The highest BCUT2D eigenvalue weighted by Crippen LogP contribution is 2.30. The van der Waals surface area contributed by atoms with E-state index in [9.17, 15) is 18.6 Å². The number of nitrogens with one attached hydrogen (secondary N) is 2. The number of aromatic hydroxyl groups is 1. The molecule has 1 aromatic carbocycles. The van der Waals surface area contributed by atoms with Gasteiger partial charge >= 0.3 is 0 Å². The van der Waals surface area contributed by atoms with Gasteiger partial charge in [0.25, 0.3) is 0 Å². The van der Waals surface area contributed by atoms with Crippen molar-refractivity contribution < 1.29 is 23.4 Å². The molecular weight excluding hydrogens is 356 g/mol. The van der Waals surface area contributed by atoms with E-state index in [0.29, 0.717) is 12.3 Å². The van der Waals surface area contributed by atoms with E-state index in [1.807, 2.05) is 0 Å². The van der Waals surface area contributed by atoms with E-state index >= 15 is 0 Å². The van der Waals surface area contributed by atoms with Gasteiger partial charge in [0.2, 0.25) is 10.0 Å². The summed E-state index contributed by atoms with van der Waals surface area (Å²) in [5, 5.41) is 23.1. The Balaban J connectivity index is 1.76. The van der Waals surface area contributed by atoms with Gasteiger partial charge in [-0.25, -0.2) is 8.42 Å². The molecule has 4 N–H and O–H groups in total. The summed E-state index contributed by atoms with van der Waals surface area (Å²) in [4.78, 5) is 0. The molecule has 0 unspecified atom stereocenters. The molecule has 1 radical (unpaired) electrons.